The van der Waals surface area contributed by atoms with Gasteiger partial charge in [-0.05, 0) is 42.5 Å². The third kappa shape index (κ3) is 3.37. The zero-order valence-electron chi connectivity index (χ0n) is 14.4. The molecule has 1 fully saturated rings. The quantitative estimate of drug-likeness (QED) is 0.504. The molecule has 3 aromatic rings. The number of nitrogens with one attached hydrogen (secondary N) is 1. The molecule has 0 unspecified atom stereocenters. The van der Waals surface area contributed by atoms with Gasteiger partial charge in [-0.15, -0.1) is 0 Å². The van der Waals surface area contributed by atoms with Crippen molar-refractivity contribution < 1.29 is 14.4 Å². The van der Waals surface area contributed by atoms with E-state index in [0.29, 0.717) is 11.3 Å². The van der Waals surface area contributed by atoms with Crippen LogP contribution in [0.15, 0.2) is 77.0 Å². The molecule has 1 saturated heterocycles. The van der Waals surface area contributed by atoms with E-state index in [2.05, 4.69) is 26.3 Å². The maximum Gasteiger partial charge on any atom is 0.335 e. The Kier molecular flexibility index (Phi) is 4.62. The van der Waals surface area contributed by atoms with Crippen LogP contribution in [-0.2, 0) is 9.59 Å². The number of benzene rings is 2. The van der Waals surface area contributed by atoms with Gasteiger partial charge in [0.1, 0.15) is 5.57 Å². The lowest BCUT2D eigenvalue weighted by Gasteiger charge is -2.26. The smallest absolute Gasteiger partial charge is 0.273 e. The fourth-order valence-electron chi connectivity index (χ4n) is 2.78. The number of para-hydroxylation sites is 1. The van der Waals surface area contributed by atoms with Gasteiger partial charge in [-0.3, -0.25) is 14.9 Å². The van der Waals surface area contributed by atoms with Gasteiger partial charge in [0, 0.05) is 16.2 Å². The van der Waals surface area contributed by atoms with E-state index in [1.807, 2.05) is 30.3 Å². The van der Waals surface area contributed by atoms with Crippen molar-refractivity contribution >= 4 is 45.5 Å². The first-order valence-electron chi connectivity index (χ1n) is 8.30. The number of nitrogens with zero attached hydrogens (tertiary/aromatic N) is 3. The molecular formula is C20H13BrN4O3. The lowest BCUT2D eigenvalue weighted by atomic mass is 10.1. The molecule has 138 valence electrons. The van der Waals surface area contributed by atoms with Crippen LogP contribution < -0.4 is 10.2 Å². The Hall–Kier alpha value is -3.52. The van der Waals surface area contributed by atoms with E-state index in [0.717, 1.165) is 15.1 Å². The van der Waals surface area contributed by atoms with Gasteiger partial charge >= 0.3 is 6.03 Å². The summed E-state index contributed by atoms with van der Waals surface area (Å²) in [7, 11) is 0. The summed E-state index contributed by atoms with van der Waals surface area (Å²) in [5, 5.41) is 6.45. The lowest BCUT2D eigenvalue weighted by molar-refractivity contribution is -0.122. The maximum atomic E-state index is 12.8. The molecule has 0 bridgehead atoms. The van der Waals surface area contributed by atoms with Crippen LogP contribution in [0.1, 0.15) is 5.56 Å². The van der Waals surface area contributed by atoms with Crippen molar-refractivity contribution in [2.75, 3.05) is 4.90 Å². The number of carbonyl (C=O) groups is 3. The number of halogens is 1. The van der Waals surface area contributed by atoms with E-state index in [1.54, 1.807) is 41.3 Å². The van der Waals surface area contributed by atoms with Crippen molar-refractivity contribution in [1.29, 1.82) is 0 Å². The second kappa shape index (κ2) is 7.24. The van der Waals surface area contributed by atoms with Crippen molar-refractivity contribution in [3.8, 4) is 5.69 Å². The van der Waals surface area contributed by atoms with Gasteiger partial charge in [0.25, 0.3) is 11.8 Å². The number of hydrogen-bond donors (Lipinski definition) is 1. The van der Waals surface area contributed by atoms with Gasteiger partial charge in [0.2, 0.25) is 0 Å². The van der Waals surface area contributed by atoms with Crippen LogP contribution in [0.25, 0.3) is 11.8 Å². The van der Waals surface area contributed by atoms with Gasteiger partial charge in [-0.1, -0.05) is 34.1 Å². The molecule has 0 radical (unpaired) electrons. The van der Waals surface area contributed by atoms with E-state index < -0.39 is 17.8 Å². The zero-order valence-corrected chi connectivity index (χ0v) is 16.0. The highest BCUT2D eigenvalue weighted by Crippen LogP contribution is 2.23. The zero-order chi connectivity index (χ0) is 19.7. The van der Waals surface area contributed by atoms with Crippen LogP contribution in [0.5, 0.6) is 0 Å². The molecule has 1 aliphatic rings. The Morgan fingerprint density at radius 2 is 1.64 bits per heavy atom. The minimum absolute atomic E-state index is 0.143. The molecule has 4 rings (SSSR count). The molecule has 0 aliphatic carbocycles. The van der Waals surface area contributed by atoms with Gasteiger partial charge in [0.05, 0.1) is 17.6 Å². The van der Waals surface area contributed by atoms with Gasteiger partial charge < -0.3 is 0 Å². The van der Waals surface area contributed by atoms with Gasteiger partial charge in [-0.2, -0.15) is 5.10 Å². The molecule has 0 saturated carbocycles. The third-order valence-electron chi connectivity index (χ3n) is 4.12. The molecule has 8 heteroatoms. The summed E-state index contributed by atoms with van der Waals surface area (Å²) in [5.74, 6) is -1.43. The maximum absolute atomic E-state index is 12.8. The first-order chi connectivity index (χ1) is 13.5. The molecule has 2 heterocycles. The van der Waals surface area contributed by atoms with Crippen molar-refractivity contribution in [3.05, 3.63) is 82.6 Å². The summed E-state index contributed by atoms with van der Waals surface area (Å²) in [6.45, 7) is 0. The van der Waals surface area contributed by atoms with Crippen LogP contribution in [0.4, 0.5) is 10.5 Å². The van der Waals surface area contributed by atoms with Crippen LogP contribution in [-0.4, -0.2) is 27.6 Å². The van der Waals surface area contributed by atoms with Crippen LogP contribution >= 0.6 is 15.9 Å². The molecule has 0 atom stereocenters. The monoisotopic (exact) mass is 436 g/mol. The first-order valence-corrected chi connectivity index (χ1v) is 9.09. The number of amides is 4. The second-order valence-electron chi connectivity index (χ2n) is 5.99. The Bertz CT molecular complexity index is 1100. The molecule has 1 N–H and O–H groups in total. The first kappa shape index (κ1) is 17.9. The fourth-order valence-corrected chi connectivity index (χ4v) is 3.05. The standard InChI is InChI=1S/C20H13BrN4O3/c21-14-6-8-16(9-7-14)25-19(27)17(18(26)23-20(25)28)10-13-11-22-24(12-13)15-4-2-1-3-5-15/h1-12H,(H,23,26,28). The van der Waals surface area contributed by atoms with Crippen LogP contribution in [0, 0.1) is 0 Å². The Morgan fingerprint density at radius 1 is 0.929 bits per heavy atom. The SMILES string of the molecule is O=C1NC(=O)N(c2ccc(Br)cc2)C(=O)C1=Cc1cnn(-c2ccccc2)c1. The third-order valence-corrected chi connectivity index (χ3v) is 4.65. The number of anilines is 1. The minimum atomic E-state index is -0.783. The summed E-state index contributed by atoms with van der Waals surface area (Å²) >= 11 is 3.31. The number of urea groups is 1. The van der Waals surface area contributed by atoms with E-state index in [1.165, 1.54) is 6.08 Å². The van der Waals surface area contributed by atoms with Crippen LogP contribution in [0.3, 0.4) is 0 Å². The van der Waals surface area contributed by atoms with E-state index in [-0.39, 0.29) is 5.57 Å². The Balaban J connectivity index is 1.67. The van der Waals surface area contributed by atoms with Gasteiger partial charge in [-0.25, -0.2) is 14.4 Å². The summed E-state index contributed by atoms with van der Waals surface area (Å²) in [5.41, 5.74) is 1.63. The Morgan fingerprint density at radius 3 is 2.36 bits per heavy atom. The predicted molar refractivity (Wildman–Crippen MR) is 107 cm³/mol. The molecule has 4 amide bonds. The highest BCUT2D eigenvalue weighted by Gasteiger charge is 2.36. The van der Waals surface area contributed by atoms with E-state index in [4.69, 9.17) is 0 Å². The fraction of sp³-hybridized carbons (Fsp3) is 0. The largest absolute Gasteiger partial charge is 0.335 e. The summed E-state index contributed by atoms with van der Waals surface area (Å²) < 4.78 is 2.44. The van der Waals surface area contributed by atoms with E-state index in [9.17, 15) is 14.4 Å². The van der Waals surface area contributed by atoms with Crippen molar-refractivity contribution in [2.24, 2.45) is 0 Å². The normalized spacial score (nSPS) is 15.8. The molecular weight excluding hydrogens is 424 g/mol. The molecule has 2 aromatic carbocycles. The topological polar surface area (TPSA) is 84.3 Å². The number of carbonyl (C=O) groups excluding carboxylic acids is 3. The van der Waals surface area contributed by atoms with Crippen LogP contribution in [0.2, 0.25) is 0 Å². The van der Waals surface area contributed by atoms with Gasteiger partial charge in [0.15, 0.2) is 0 Å². The number of hydrogen-bond acceptors (Lipinski definition) is 4. The molecule has 0 spiro atoms. The summed E-state index contributed by atoms with van der Waals surface area (Å²) in [4.78, 5) is 38.2. The van der Waals surface area contributed by atoms with Crippen molar-refractivity contribution in [2.45, 2.75) is 0 Å². The average molecular weight is 437 g/mol. The van der Waals surface area contributed by atoms with Crippen molar-refractivity contribution in [3.63, 3.8) is 0 Å². The molecule has 1 aliphatic heterocycles. The predicted octanol–water partition coefficient (Wildman–Crippen LogP) is 3.30. The summed E-state index contributed by atoms with van der Waals surface area (Å²) in [6, 6.07) is 15.3. The number of imide groups is 2. The Labute approximate surface area is 168 Å². The minimum Gasteiger partial charge on any atom is -0.273 e. The highest BCUT2D eigenvalue weighted by atomic mass is 79.9. The molecule has 7 nitrogen and oxygen atoms in total. The highest BCUT2D eigenvalue weighted by molar-refractivity contribution is 9.10. The second-order valence-corrected chi connectivity index (χ2v) is 6.90. The van der Waals surface area contributed by atoms with Crippen molar-refractivity contribution in [1.82, 2.24) is 15.1 Å². The molecule has 1 aromatic heterocycles. The lowest BCUT2D eigenvalue weighted by Crippen LogP contribution is -2.54. The van der Waals surface area contributed by atoms with E-state index >= 15 is 0 Å². The summed E-state index contributed by atoms with van der Waals surface area (Å²) in [6.07, 6.45) is 4.66. The number of aromatic nitrogens is 2. The number of rotatable bonds is 3. The number of barbiturate groups is 1. The average Bonchev–Trinajstić information content (AvgIpc) is 3.16. The molecule has 28 heavy (non-hydrogen) atoms.